The summed E-state index contributed by atoms with van der Waals surface area (Å²) in [5.41, 5.74) is -0.363. The van der Waals surface area contributed by atoms with Crippen molar-refractivity contribution in [2.45, 2.75) is 6.18 Å². The van der Waals surface area contributed by atoms with E-state index in [2.05, 4.69) is 0 Å². The second-order valence-corrected chi connectivity index (χ2v) is 6.80. The lowest BCUT2D eigenvalue weighted by atomic mass is 10.1. The molecule has 3 rings (SSSR count). The lowest BCUT2D eigenvalue weighted by molar-refractivity contribution is -0.137. The Bertz CT molecular complexity index is 892. The van der Waals surface area contributed by atoms with Crippen molar-refractivity contribution in [2.75, 3.05) is 4.90 Å². The van der Waals surface area contributed by atoms with Gasteiger partial charge in [-0.1, -0.05) is 42.2 Å². The second kappa shape index (κ2) is 6.61. The third-order valence-electron chi connectivity index (χ3n) is 3.37. The van der Waals surface area contributed by atoms with Crippen molar-refractivity contribution in [3.05, 3.63) is 70.4 Å². The molecule has 2 aromatic rings. The maximum absolute atomic E-state index is 13.2. The van der Waals surface area contributed by atoms with Crippen LogP contribution < -0.4 is 4.90 Å². The number of halogens is 4. The van der Waals surface area contributed by atoms with Gasteiger partial charge < -0.3 is 0 Å². The van der Waals surface area contributed by atoms with Gasteiger partial charge in [0.1, 0.15) is 5.82 Å². The number of hydrogen-bond acceptors (Lipinski definition) is 3. The maximum Gasteiger partial charge on any atom is 0.416 e. The number of benzene rings is 2. The zero-order valence-corrected chi connectivity index (χ0v) is 14.0. The topological polar surface area (TPSA) is 20.3 Å². The van der Waals surface area contributed by atoms with Crippen LogP contribution in [0.4, 0.5) is 23.2 Å². The van der Waals surface area contributed by atoms with Gasteiger partial charge in [-0.2, -0.15) is 13.2 Å². The van der Waals surface area contributed by atoms with Gasteiger partial charge in [0.15, 0.2) is 4.32 Å². The molecule has 0 saturated carbocycles. The van der Waals surface area contributed by atoms with E-state index in [0.29, 0.717) is 5.56 Å². The van der Waals surface area contributed by atoms with Crippen LogP contribution in [0, 0.1) is 5.82 Å². The summed E-state index contributed by atoms with van der Waals surface area (Å²) in [5.74, 6) is -0.999. The van der Waals surface area contributed by atoms with Crippen LogP contribution >= 0.6 is 24.0 Å². The molecule has 1 saturated heterocycles. The lowest BCUT2D eigenvalue weighted by Gasteiger charge is -2.16. The van der Waals surface area contributed by atoms with Crippen LogP contribution in [0.5, 0.6) is 0 Å². The molecule has 1 amide bonds. The fourth-order valence-corrected chi connectivity index (χ4v) is 3.56. The number of nitrogens with zero attached hydrogens (tertiary/aromatic N) is 1. The predicted molar refractivity (Wildman–Crippen MR) is 93.5 cm³/mol. The van der Waals surface area contributed by atoms with Gasteiger partial charge >= 0.3 is 6.18 Å². The van der Waals surface area contributed by atoms with Crippen molar-refractivity contribution < 1.29 is 22.4 Å². The first kappa shape index (κ1) is 17.6. The Morgan fingerprint density at radius 1 is 1.08 bits per heavy atom. The third kappa shape index (κ3) is 3.74. The van der Waals surface area contributed by atoms with Crippen LogP contribution in [0.1, 0.15) is 11.1 Å². The molecule has 2 nitrogen and oxygen atoms in total. The number of anilines is 1. The Morgan fingerprint density at radius 3 is 2.48 bits per heavy atom. The summed E-state index contributed by atoms with van der Waals surface area (Å²) in [6.07, 6.45) is -3.07. The molecule has 0 radical (unpaired) electrons. The standard InChI is InChI=1S/C17H9F4NOS2/c18-12-5-1-3-10(7-12)8-14-15(23)22(16(24)25-14)13-6-2-4-11(9-13)17(19,20)21/h1-9H/b14-8+. The highest BCUT2D eigenvalue weighted by Crippen LogP contribution is 2.38. The quantitative estimate of drug-likeness (QED) is 0.401. The second-order valence-electron chi connectivity index (χ2n) is 5.12. The normalized spacial score (nSPS) is 16.8. The Morgan fingerprint density at radius 2 is 1.80 bits per heavy atom. The number of hydrogen-bond donors (Lipinski definition) is 0. The van der Waals surface area contributed by atoms with Crippen LogP contribution in [-0.4, -0.2) is 10.2 Å². The Labute approximate surface area is 150 Å². The number of carbonyl (C=O) groups excluding carboxylic acids is 1. The predicted octanol–water partition coefficient (Wildman–Crippen LogP) is 5.25. The molecular weight excluding hydrogens is 374 g/mol. The fourth-order valence-electron chi connectivity index (χ4n) is 2.26. The number of amides is 1. The third-order valence-corrected chi connectivity index (χ3v) is 4.67. The highest BCUT2D eigenvalue weighted by atomic mass is 32.2. The summed E-state index contributed by atoms with van der Waals surface area (Å²) in [4.78, 5) is 13.8. The van der Waals surface area contributed by atoms with Crippen LogP contribution in [0.2, 0.25) is 0 Å². The molecule has 1 fully saturated rings. The molecule has 0 unspecified atom stereocenters. The van der Waals surface area contributed by atoms with E-state index in [4.69, 9.17) is 12.2 Å². The van der Waals surface area contributed by atoms with E-state index < -0.39 is 23.5 Å². The Balaban J connectivity index is 1.95. The van der Waals surface area contributed by atoms with Crippen LogP contribution in [0.3, 0.4) is 0 Å². The van der Waals surface area contributed by atoms with E-state index in [0.717, 1.165) is 28.8 Å². The summed E-state index contributed by atoms with van der Waals surface area (Å²) >= 11 is 6.08. The first-order valence-electron chi connectivity index (χ1n) is 6.96. The lowest BCUT2D eigenvalue weighted by Crippen LogP contribution is -2.27. The minimum Gasteiger partial charge on any atom is -0.268 e. The number of thioether (sulfide) groups is 1. The zero-order chi connectivity index (χ0) is 18.2. The molecule has 0 aliphatic carbocycles. The Hall–Kier alpha value is -2.19. The summed E-state index contributed by atoms with van der Waals surface area (Å²) < 4.78 is 52.0. The number of thiocarbonyl (C=S) groups is 1. The van der Waals surface area contributed by atoms with E-state index >= 15 is 0 Å². The summed E-state index contributed by atoms with van der Waals surface area (Å²) in [7, 11) is 0. The number of alkyl halides is 3. The van der Waals surface area contributed by atoms with Crippen LogP contribution in [0.15, 0.2) is 53.4 Å². The Kier molecular flexibility index (Phi) is 4.66. The molecule has 0 bridgehead atoms. The minimum atomic E-state index is -4.52. The van der Waals surface area contributed by atoms with Crippen molar-refractivity contribution in [3.8, 4) is 0 Å². The van der Waals surface area contributed by atoms with E-state index in [1.54, 1.807) is 6.07 Å². The van der Waals surface area contributed by atoms with E-state index in [-0.39, 0.29) is 14.9 Å². The highest BCUT2D eigenvalue weighted by molar-refractivity contribution is 8.27. The summed E-state index contributed by atoms with van der Waals surface area (Å²) in [6.45, 7) is 0. The average Bonchev–Trinajstić information content (AvgIpc) is 2.81. The first-order chi connectivity index (χ1) is 11.8. The van der Waals surface area contributed by atoms with Gasteiger partial charge in [0, 0.05) is 0 Å². The molecule has 1 aliphatic heterocycles. The molecule has 0 N–H and O–H groups in total. The van der Waals surface area contributed by atoms with E-state index in [1.807, 2.05) is 0 Å². The molecule has 8 heteroatoms. The molecule has 0 atom stereocenters. The number of rotatable bonds is 2. The van der Waals surface area contributed by atoms with Gasteiger partial charge in [-0.25, -0.2) is 4.39 Å². The molecule has 1 heterocycles. The van der Waals surface area contributed by atoms with Crippen LogP contribution in [-0.2, 0) is 11.0 Å². The fraction of sp³-hybridized carbons (Fsp3) is 0.0588. The molecule has 2 aromatic carbocycles. The van der Waals surface area contributed by atoms with Crippen molar-refractivity contribution in [1.82, 2.24) is 0 Å². The van der Waals surface area contributed by atoms with Crippen molar-refractivity contribution in [2.24, 2.45) is 0 Å². The van der Waals surface area contributed by atoms with Crippen molar-refractivity contribution in [3.63, 3.8) is 0 Å². The largest absolute Gasteiger partial charge is 0.416 e. The molecule has 1 aliphatic rings. The van der Waals surface area contributed by atoms with Gasteiger partial charge in [-0.15, -0.1) is 0 Å². The molecular formula is C17H9F4NOS2. The first-order valence-corrected chi connectivity index (χ1v) is 8.19. The van der Waals surface area contributed by atoms with Gasteiger partial charge in [0.05, 0.1) is 16.2 Å². The van der Waals surface area contributed by atoms with Crippen molar-refractivity contribution >= 4 is 46.0 Å². The van der Waals surface area contributed by atoms with Gasteiger partial charge in [-0.05, 0) is 42.0 Å². The van der Waals surface area contributed by atoms with E-state index in [1.165, 1.54) is 36.4 Å². The maximum atomic E-state index is 13.2. The van der Waals surface area contributed by atoms with Gasteiger partial charge in [0.2, 0.25) is 0 Å². The summed E-state index contributed by atoms with van der Waals surface area (Å²) in [6, 6.07) is 10.0. The van der Waals surface area contributed by atoms with Crippen molar-refractivity contribution in [1.29, 1.82) is 0 Å². The molecule has 0 spiro atoms. The smallest absolute Gasteiger partial charge is 0.268 e. The van der Waals surface area contributed by atoms with E-state index in [9.17, 15) is 22.4 Å². The minimum absolute atomic E-state index is 0.0416. The molecule has 128 valence electrons. The molecule has 0 aromatic heterocycles. The van der Waals surface area contributed by atoms with Crippen LogP contribution in [0.25, 0.3) is 6.08 Å². The van der Waals surface area contributed by atoms with Gasteiger partial charge in [0.25, 0.3) is 5.91 Å². The zero-order valence-electron chi connectivity index (χ0n) is 12.4. The average molecular weight is 383 g/mol. The monoisotopic (exact) mass is 383 g/mol. The SMILES string of the molecule is O=C1/C(=C\c2cccc(F)c2)SC(=S)N1c1cccc(C(F)(F)F)c1. The van der Waals surface area contributed by atoms with Gasteiger partial charge in [-0.3, -0.25) is 9.69 Å². The summed E-state index contributed by atoms with van der Waals surface area (Å²) in [5, 5.41) is 0. The number of carbonyl (C=O) groups is 1. The highest BCUT2D eigenvalue weighted by Gasteiger charge is 2.36. The molecule has 25 heavy (non-hydrogen) atoms.